The Labute approximate surface area is 195 Å². The molecule has 1 atom stereocenters. The van der Waals surface area contributed by atoms with E-state index in [-0.39, 0.29) is 50.1 Å². The minimum Gasteiger partial charge on any atom is -0.463 e. The van der Waals surface area contributed by atoms with Crippen molar-refractivity contribution in [2.75, 3.05) is 39.6 Å². The van der Waals surface area contributed by atoms with Crippen molar-refractivity contribution in [1.82, 2.24) is 9.80 Å². The zero-order valence-electron chi connectivity index (χ0n) is 20.5. The molecule has 0 N–H and O–H groups in total. The second-order valence-corrected chi connectivity index (χ2v) is 7.00. The summed E-state index contributed by atoms with van der Waals surface area (Å²) in [5.74, 6) is -2.77. The van der Waals surface area contributed by atoms with Crippen LogP contribution in [0, 0.1) is 0 Å². The molecular weight excluding hydrogens is 432 g/mol. The van der Waals surface area contributed by atoms with Crippen molar-refractivity contribution in [3.05, 3.63) is 23.0 Å². The zero-order chi connectivity index (χ0) is 25.0. The van der Waals surface area contributed by atoms with Crippen LogP contribution in [0.25, 0.3) is 0 Å². The third-order valence-electron chi connectivity index (χ3n) is 4.78. The molecule has 1 rings (SSSR count). The van der Waals surface area contributed by atoms with Gasteiger partial charge in [0.1, 0.15) is 11.4 Å². The fraction of sp³-hybridized carbons (Fsp3) is 0.652. The molecule has 10 heteroatoms. The first-order valence-corrected chi connectivity index (χ1v) is 11.5. The van der Waals surface area contributed by atoms with E-state index in [2.05, 4.69) is 0 Å². The monoisotopic (exact) mass is 468 g/mol. The molecule has 1 unspecified atom stereocenters. The largest absolute Gasteiger partial charge is 0.463 e. The summed E-state index contributed by atoms with van der Waals surface area (Å²) < 4.78 is 20.7. The van der Waals surface area contributed by atoms with Crippen LogP contribution in [0.2, 0.25) is 0 Å². The Hall–Kier alpha value is -3.04. The topological polar surface area (TPSA) is 112 Å². The summed E-state index contributed by atoms with van der Waals surface area (Å²) >= 11 is 0. The molecule has 186 valence electrons. The average Bonchev–Trinajstić information content (AvgIpc) is 2.77. The summed E-state index contributed by atoms with van der Waals surface area (Å²) in [6.45, 7) is 11.3. The van der Waals surface area contributed by atoms with Crippen LogP contribution in [0.4, 0.5) is 0 Å². The summed E-state index contributed by atoms with van der Waals surface area (Å²) in [4.78, 5) is 54.3. The van der Waals surface area contributed by atoms with Crippen LogP contribution in [-0.2, 0) is 38.1 Å². The highest BCUT2D eigenvalue weighted by Gasteiger charge is 2.42. The molecule has 0 saturated heterocycles. The molecule has 1 aliphatic heterocycles. The molecule has 33 heavy (non-hydrogen) atoms. The highest BCUT2D eigenvalue weighted by molar-refractivity contribution is 6.02. The van der Waals surface area contributed by atoms with Crippen LogP contribution in [0.15, 0.2) is 23.0 Å². The normalized spacial score (nSPS) is 16.4. The van der Waals surface area contributed by atoms with E-state index in [9.17, 15) is 19.2 Å². The third-order valence-corrected chi connectivity index (χ3v) is 4.78. The number of hydrogen-bond donors (Lipinski definition) is 0. The Morgan fingerprint density at radius 2 is 1.42 bits per heavy atom. The quantitative estimate of drug-likeness (QED) is 0.240. The smallest absolute Gasteiger partial charge is 0.355 e. The van der Waals surface area contributed by atoms with E-state index < -0.39 is 29.9 Å². The van der Waals surface area contributed by atoms with Gasteiger partial charge in [0.05, 0.1) is 50.8 Å². The van der Waals surface area contributed by atoms with Crippen molar-refractivity contribution < 1.29 is 38.1 Å². The van der Waals surface area contributed by atoms with Gasteiger partial charge in [-0.15, -0.1) is 0 Å². The lowest BCUT2D eigenvalue weighted by Crippen LogP contribution is -2.53. The lowest BCUT2D eigenvalue weighted by atomic mass is 9.96. The van der Waals surface area contributed by atoms with Crippen molar-refractivity contribution in [1.29, 1.82) is 0 Å². The standard InChI is InChI=1S/C23H36N2O8/c1-7-13-24-15-25(17(21(27)31-10-4)14-18(26)30-9-3)16(8-2)19(22(28)32-11-5)20(24)23(29)33-12-6/h14,16H,7-13,15H2,1-6H3/b17-14-. The van der Waals surface area contributed by atoms with Gasteiger partial charge in [-0.2, -0.15) is 0 Å². The van der Waals surface area contributed by atoms with E-state index in [4.69, 9.17) is 18.9 Å². The van der Waals surface area contributed by atoms with E-state index in [1.807, 2.05) is 13.8 Å². The Morgan fingerprint density at radius 3 is 1.94 bits per heavy atom. The summed E-state index contributed by atoms with van der Waals surface area (Å²) in [5.41, 5.74) is 0.129. The average molecular weight is 469 g/mol. The molecule has 0 aliphatic carbocycles. The molecule has 0 aromatic rings. The van der Waals surface area contributed by atoms with E-state index in [1.165, 1.54) is 0 Å². The number of rotatable bonds is 12. The maximum atomic E-state index is 13.1. The van der Waals surface area contributed by atoms with Gasteiger partial charge in [0, 0.05) is 6.54 Å². The van der Waals surface area contributed by atoms with E-state index in [0.717, 1.165) is 6.08 Å². The lowest BCUT2D eigenvalue weighted by Gasteiger charge is -2.44. The Balaban J connectivity index is 3.76. The van der Waals surface area contributed by atoms with Gasteiger partial charge >= 0.3 is 23.9 Å². The maximum Gasteiger partial charge on any atom is 0.355 e. The molecule has 0 radical (unpaired) electrons. The molecule has 0 saturated carbocycles. The summed E-state index contributed by atoms with van der Waals surface area (Å²) in [6.07, 6.45) is 2.06. The summed E-state index contributed by atoms with van der Waals surface area (Å²) in [6, 6.07) is -0.735. The Kier molecular flexibility index (Phi) is 12.0. The lowest BCUT2D eigenvalue weighted by molar-refractivity contribution is -0.147. The van der Waals surface area contributed by atoms with Gasteiger partial charge in [-0.05, 0) is 40.5 Å². The number of carbonyl (C=O) groups excluding carboxylic acids is 4. The van der Waals surface area contributed by atoms with Gasteiger partial charge in [-0.25, -0.2) is 19.2 Å². The van der Waals surface area contributed by atoms with Crippen molar-refractivity contribution in [2.24, 2.45) is 0 Å². The minimum atomic E-state index is -0.735. The Bertz CT molecular complexity index is 774. The number of nitrogens with zero attached hydrogens (tertiary/aromatic N) is 2. The van der Waals surface area contributed by atoms with Crippen LogP contribution in [-0.4, -0.2) is 79.4 Å². The van der Waals surface area contributed by atoms with Gasteiger partial charge < -0.3 is 28.7 Å². The molecule has 10 nitrogen and oxygen atoms in total. The van der Waals surface area contributed by atoms with Crippen LogP contribution in [0.1, 0.15) is 54.4 Å². The fourth-order valence-electron chi connectivity index (χ4n) is 3.60. The van der Waals surface area contributed by atoms with Crippen LogP contribution >= 0.6 is 0 Å². The summed E-state index contributed by atoms with van der Waals surface area (Å²) in [7, 11) is 0. The molecule has 0 bridgehead atoms. The second kappa shape index (κ2) is 14.2. The number of hydrogen-bond acceptors (Lipinski definition) is 10. The number of ether oxygens (including phenoxy) is 4. The van der Waals surface area contributed by atoms with Gasteiger partial charge in [-0.1, -0.05) is 13.8 Å². The fourth-order valence-corrected chi connectivity index (χ4v) is 3.60. The first-order chi connectivity index (χ1) is 15.8. The van der Waals surface area contributed by atoms with Crippen molar-refractivity contribution in [3.8, 4) is 0 Å². The predicted molar refractivity (Wildman–Crippen MR) is 119 cm³/mol. The van der Waals surface area contributed by atoms with Gasteiger partial charge in [0.15, 0.2) is 0 Å². The SMILES string of the molecule is CCCN1CN(/C(=C\C(=O)OCC)C(=O)OCC)C(CC)C(C(=O)OCC)=C1C(=O)OCC. The van der Waals surface area contributed by atoms with E-state index >= 15 is 0 Å². The molecule has 1 heterocycles. The van der Waals surface area contributed by atoms with Crippen molar-refractivity contribution >= 4 is 23.9 Å². The van der Waals surface area contributed by atoms with Crippen molar-refractivity contribution in [2.45, 2.75) is 60.4 Å². The highest BCUT2D eigenvalue weighted by Crippen LogP contribution is 2.32. The molecule has 0 aromatic carbocycles. The van der Waals surface area contributed by atoms with Crippen LogP contribution in [0.5, 0.6) is 0 Å². The first kappa shape index (κ1) is 28.0. The molecule has 1 aliphatic rings. The van der Waals surface area contributed by atoms with Crippen LogP contribution in [0.3, 0.4) is 0 Å². The maximum absolute atomic E-state index is 13.1. The minimum absolute atomic E-state index is 0.0621. The van der Waals surface area contributed by atoms with Crippen molar-refractivity contribution in [3.63, 3.8) is 0 Å². The van der Waals surface area contributed by atoms with Gasteiger partial charge in [0.25, 0.3) is 0 Å². The Morgan fingerprint density at radius 1 is 0.848 bits per heavy atom. The first-order valence-electron chi connectivity index (χ1n) is 11.5. The number of esters is 4. The third kappa shape index (κ3) is 7.23. The number of carbonyl (C=O) groups is 4. The van der Waals surface area contributed by atoms with Gasteiger partial charge in [0.2, 0.25) is 0 Å². The zero-order valence-corrected chi connectivity index (χ0v) is 20.5. The van der Waals surface area contributed by atoms with E-state index in [0.29, 0.717) is 19.4 Å². The molecular formula is C23H36N2O8. The molecule has 0 amide bonds. The highest BCUT2D eigenvalue weighted by atomic mass is 16.5. The predicted octanol–water partition coefficient (Wildman–Crippen LogP) is 2.14. The van der Waals surface area contributed by atoms with Crippen LogP contribution < -0.4 is 0 Å². The molecule has 0 spiro atoms. The molecule has 0 aromatic heterocycles. The second-order valence-electron chi connectivity index (χ2n) is 7.00. The molecule has 0 fully saturated rings. The van der Waals surface area contributed by atoms with E-state index in [1.54, 1.807) is 37.5 Å². The van der Waals surface area contributed by atoms with Gasteiger partial charge in [-0.3, -0.25) is 0 Å². The summed E-state index contributed by atoms with van der Waals surface area (Å²) in [5, 5.41) is 0.